The third-order valence-corrected chi connectivity index (χ3v) is 6.21. The van der Waals surface area contributed by atoms with Crippen molar-refractivity contribution in [2.45, 2.75) is 6.61 Å². The van der Waals surface area contributed by atoms with E-state index in [0.717, 1.165) is 33.8 Å². The molecule has 1 aliphatic heterocycles. The van der Waals surface area contributed by atoms with Crippen LogP contribution in [0.1, 0.15) is 11.1 Å². The van der Waals surface area contributed by atoms with Gasteiger partial charge in [0.2, 0.25) is 0 Å². The fraction of sp³-hybridized carbons (Fsp3) is 0.0385. The molecule has 1 aliphatic rings. The number of carbonyl (C=O) groups is 1. The first kappa shape index (κ1) is 21.2. The SMILES string of the molecule is O=C1NC(=S)S/C1=C\c1cn(-c2ccccc2)nc1-c1cccc(OCc2ccccc2)c1. The molecule has 1 amide bonds. The molecule has 7 heteroatoms. The standard InChI is InChI=1S/C26H19N3O2S2/c30-25-23(33-26(32)27-25)15-20-16-29(21-11-5-2-6-12-21)28-24(20)19-10-7-13-22(14-19)31-17-18-8-3-1-4-9-18/h1-16H,17H2,(H,27,30,32)/b23-15-. The fourth-order valence-electron chi connectivity index (χ4n) is 3.47. The summed E-state index contributed by atoms with van der Waals surface area (Å²) < 4.78 is 8.29. The Morgan fingerprint density at radius 3 is 2.48 bits per heavy atom. The molecule has 0 radical (unpaired) electrons. The molecule has 1 N–H and O–H groups in total. The van der Waals surface area contributed by atoms with Crippen molar-refractivity contribution in [1.29, 1.82) is 0 Å². The van der Waals surface area contributed by atoms with Crippen LogP contribution in [0.25, 0.3) is 23.0 Å². The lowest BCUT2D eigenvalue weighted by Crippen LogP contribution is -2.17. The zero-order valence-electron chi connectivity index (χ0n) is 17.5. The molecule has 3 aromatic carbocycles. The summed E-state index contributed by atoms with van der Waals surface area (Å²) in [5.41, 5.74) is 4.50. The van der Waals surface area contributed by atoms with Crippen molar-refractivity contribution in [1.82, 2.24) is 15.1 Å². The minimum atomic E-state index is -0.191. The minimum Gasteiger partial charge on any atom is -0.489 e. The normalized spacial score (nSPS) is 14.5. The van der Waals surface area contributed by atoms with E-state index in [1.54, 1.807) is 0 Å². The third-order valence-electron chi connectivity index (χ3n) is 5.05. The first-order chi connectivity index (χ1) is 16.2. The number of amides is 1. The molecule has 1 saturated heterocycles. The summed E-state index contributed by atoms with van der Waals surface area (Å²) in [4.78, 5) is 12.8. The summed E-state index contributed by atoms with van der Waals surface area (Å²) >= 11 is 6.39. The summed E-state index contributed by atoms with van der Waals surface area (Å²) in [6, 6.07) is 27.7. The molecule has 1 aromatic heterocycles. The van der Waals surface area contributed by atoms with Crippen LogP contribution in [0.15, 0.2) is 96.0 Å². The Balaban J connectivity index is 1.51. The number of nitrogens with zero attached hydrogens (tertiary/aromatic N) is 2. The van der Waals surface area contributed by atoms with Crippen molar-refractivity contribution in [2.75, 3.05) is 0 Å². The van der Waals surface area contributed by atoms with E-state index in [4.69, 9.17) is 22.1 Å². The van der Waals surface area contributed by atoms with Crippen molar-refractivity contribution in [2.24, 2.45) is 0 Å². The maximum Gasteiger partial charge on any atom is 0.263 e. The molecule has 0 spiro atoms. The summed E-state index contributed by atoms with van der Waals surface area (Å²) in [7, 11) is 0. The second-order valence-electron chi connectivity index (χ2n) is 7.37. The molecule has 0 saturated carbocycles. The Morgan fingerprint density at radius 2 is 1.76 bits per heavy atom. The van der Waals surface area contributed by atoms with E-state index in [9.17, 15) is 4.79 Å². The van der Waals surface area contributed by atoms with Gasteiger partial charge in [0.1, 0.15) is 22.4 Å². The number of rotatable bonds is 6. The van der Waals surface area contributed by atoms with Crippen molar-refractivity contribution in [3.05, 3.63) is 107 Å². The highest BCUT2D eigenvalue weighted by molar-refractivity contribution is 8.26. The first-order valence-electron chi connectivity index (χ1n) is 10.3. The van der Waals surface area contributed by atoms with Gasteiger partial charge < -0.3 is 10.1 Å². The fourth-order valence-corrected chi connectivity index (χ4v) is 4.50. The highest BCUT2D eigenvalue weighted by Crippen LogP contribution is 2.32. The minimum absolute atomic E-state index is 0.191. The van der Waals surface area contributed by atoms with Gasteiger partial charge in [0.15, 0.2) is 0 Å². The van der Waals surface area contributed by atoms with Gasteiger partial charge in [0, 0.05) is 17.3 Å². The van der Waals surface area contributed by atoms with Gasteiger partial charge in [0.25, 0.3) is 5.91 Å². The van der Waals surface area contributed by atoms with Gasteiger partial charge in [-0.2, -0.15) is 5.10 Å². The van der Waals surface area contributed by atoms with Crippen molar-refractivity contribution < 1.29 is 9.53 Å². The van der Waals surface area contributed by atoms with E-state index in [1.165, 1.54) is 11.8 Å². The van der Waals surface area contributed by atoms with E-state index >= 15 is 0 Å². The predicted octanol–water partition coefficient (Wildman–Crippen LogP) is 5.61. The maximum atomic E-state index is 12.3. The van der Waals surface area contributed by atoms with Gasteiger partial charge in [-0.05, 0) is 35.9 Å². The Kier molecular flexibility index (Phi) is 6.06. The van der Waals surface area contributed by atoms with Gasteiger partial charge in [-0.15, -0.1) is 0 Å². The van der Waals surface area contributed by atoms with Crippen LogP contribution in [0.3, 0.4) is 0 Å². The zero-order chi connectivity index (χ0) is 22.6. The second kappa shape index (κ2) is 9.44. The van der Waals surface area contributed by atoms with Crippen LogP contribution in [0.2, 0.25) is 0 Å². The molecule has 0 bridgehead atoms. The number of hydrogen-bond donors (Lipinski definition) is 1. The van der Waals surface area contributed by atoms with Gasteiger partial charge in [-0.1, -0.05) is 84.6 Å². The van der Waals surface area contributed by atoms with Crippen LogP contribution in [-0.4, -0.2) is 20.0 Å². The number of thiocarbonyl (C=S) groups is 1. The number of hydrogen-bond acceptors (Lipinski definition) is 5. The van der Waals surface area contributed by atoms with Gasteiger partial charge in [0.05, 0.1) is 10.6 Å². The van der Waals surface area contributed by atoms with Gasteiger partial charge in [-0.25, -0.2) is 4.68 Å². The van der Waals surface area contributed by atoms with Gasteiger partial charge >= 0.3 is 0 Å². The second-order valence-corrected chi connectivity index (χ2v) is 9.09. The average molecular weight is 470 g/mol. The number of benzene rings is 3. The molecule has 2 heterocycles. The van der Waals surface area contributed by atoms with Crippen molar-refractivity contribution >= 4 is 40.3 Å². The number of carbonyl (C=O) groups excluding carboxylic acids is 1. The van der Waals surface area contributed by atoms with E-state index in [2.05, 4.69) is 5.32 Å². The van der Waals surface area contributed by atoms with Crippen LogP contribution in [0.4, 0.5) is 0 Å². The summed E-state index contributed by atoms with van der Waals surface area (Å²) in [6.07, 6.45) is 3.75. The molecule has 4 aromatic rings. The van der Waals surface area contributed by atoms with Gasteiger partial charge in [-0.3, -0.25) is 4.79 Å². The van der Waals surface area contributed by atoms with Crippen molar-refractivity contribution in [3.63, 3.8) is 0 Å². The lowest BCUT2D eigenvalue weighted by molar-refractivity contribution is -0.115. The molecule has 0 unspecified atom stereocenters. The zero-order valence-corrected chi connectivity index (χ0v) is 19.1. The molecule has 162 valence electrons. The van der Waals surface area contributed by atoms with E-state index in [-0.39, 0.29) is 5.91 Å². The van der Waals surface area contributed by atoms with E-state index in [1.807, 2.05) is 102 Å². The highest BCUT2D eigenvalue weighted by atomic mass is 32.2. The Bertz CT molecular complexity index is 1350. The van der Waals surface area contributed by atoms with E-state index < -0.39 is 0 Å². The van der Waals surface area contributed by atoms with Crippen molar-refractivity contribution in [3.8, 4) is 22.7 Å². The molecule has 5 nitrogen and oxygen atoms in total. The number of para-hydroxylation sites is 1. The largest absolute Gasteiger partial charge is 0.489 e. The molecule has 0 aliphatic carbocycles. The lowest BCUT2D eigenvalue weighted by atomic mass is 10.1. The smallest absolute Gasteiger partial charge is 0.263 e. The van der Waals surface area contributed by atoms with Crippen LogP contribution < -0.4 is 10.1 Å². The van der Waals surface area contributed by atoms with Crippen LogP contribution in [0, 0.1) is 0 Å². The molecule has 1 fully saturated rings. The molecule has 5 rings (SSSR count). The predicted molar refractivity (Wildman–Crippen MR) is 136 cm³/mol. The Hall–Kier alpha value is -3.68. The first-order valence-corrected chi connectivity index (χ1v) is 11.6. The molecular formula is C26H19N3O2S2. The number of ether oxygens (including phenoxy) is 1. The number of thioether (sulfide) groups is 1. The third kappa shape index (κ3) is 4.89. The molecule has 33 heavy (non-hydrogen) atoms. The summed E-state index contributed by atoms with van der Waals surface area (Å²) in [6.45, 7) is 0.480. The summed E-state index contributed by atoms with van der Waals surface area (Å²) in [5.74, 6) is 0.557. The van der Waals surface area contributed by atoms with Crippen LogP contribution in [0.5, 0.6) is 5.75 Å². The van der Waals surface area contributed by atoms with E-state index in [0.29, 0.717) is 15.8 Å². The summed E-state index contributed by atoms with van der Waals surface area (Å²) in [5, 5.41) is 7.51. The Morgan fingerprint density at radius 1 is 1.00 bits per heavy atom. The lowest BCUT2D eigenvalue weighted by Gasteiger charge is -2.08. The average Bonchev–Trinajstić information content (AvgIpc) is 3.41. The van der Waals surface area contributed by atoms with Crippen LogP contribution >= 0.6 is 24.0 Å². The Labute approximate surface area is 201 Å². The number of nitrogens with one attached hydrogen (secondary N) is 1. The van der Waals surface area contributed by atoms with Crippen LogP contribution in [-0.2, 0) is 11.4 Å². The maximum absolute atomic E-state index is 12.3. The number of aromatic nitrogens is 2. The quantitative estimate of drug-likeness (QED) is 0.294. The topological polar surface area (TPSA) is 56.2 Å². The highest BCUT2D eigenvalue weighted by Gasteiger charge is 2.23. The molecular weight excluding hydrogens is 450 g/mol. The monoisotopic (exact) mass is 469 g/mol. The molecule has 0 atom stereocenters.